The van der Waals surface area contributed by atoms with Gasteiger partial charge in [0.25, 0.3) is 6.43 Å². The number of hydrogen-bond donors (Lipinski definition) is 3. The minimum atomic E-state index is -3.03. The lowest BCUT2D eigenvalue weighted by Crippen LogP contribution is -2.42. The zero-order valence-corrected chi connectivity index (χ0v) is 16.9. The fourth-order valence-electron chi connectivity index (χ4n) is 3.80. The summed E-state index contributed by atoms with van der Waals surface area (Å²) < 4.78 is 40.4. The molecule has 0 unspecified atom stereocenters. The van der Waals surface area contributed by atoms with E-state index in [0.29, 0.717) is 37.1 Å². The van der Waals surface area contributed by atoms with Gasteiger partial charge in [0.2, 0.25) is 0 Å². The molecule has 0 atom stereocenters. The number of fused-ring (bicyclic) bond motifs is 1. The van der Waals surface area contributed by atoms with Crippen molar-refractivity contribution in [2.75, 3.05) is 23.3 Å². The second-order valence-corrected chi connectivity index (χ2v) is 8.11. The van der Waals surface area contributed by atoms with Crippen molar-refractivity contribution in [2.24, 2.45) is 0 Å². The van der Waals surface area contributed by atoms with Crippen molar-refractivity contribution in [3.8, 4) is 5.75 Å². The van der Waals surface area contributed by atoms with Crippen LogP contribution < -0.4 is 10.2 Å². The quantitative estimate of drug-likeness (QED) is 0.555. The molecule has 6 nitrogen and oxygen atoms in total. The molecular formula is C22H23F3N4O2. The number of aromatic hydroxyl groups is 1. The van der Waals surface area contributed by atoms with Crippen LogP contribution in [0.2, 0.25) is 0 Å². The van der Waals surface area contributed by atoms with Crippen LogP contribution in [0.3, 0.4) is 0 Å². The van der Waals surface area contributed by atoms with Crippen LogP contribution in [0.5, 0.6) is 5.75 Å². The van der Waals surface area contributed by atoms with Crippen LogP contribution in [-0.2, 0) is 6.54 Å². The molecule has 1 aliphatic heterocycles. The Balaban J connectivity index is 1.60. The summed E-state index contributed by atoms with van der Waals surface area (Å²) in [4.78, 5) is 2.17. The highest BCUT2D eigenvalue weighted by Gasteiger charge is 2.27. The minimum absolute atomic E-state index is 0.0744. The first-order valence-corrected chi connectivity index (χ1v) is 9.99. The summed E-state index contributed by atoms with van der Waals surface area (Å²) in [6, 6.07) is 7.56. The fraction of sp³-hybridized carbons (Fsp3) is 0.364. The zero-order valence-electron chi connectivity index (χ0n) is 16.9. The van der Waals surface area contributed by atoms with Crippen molar-refractivity contribution in [2.45, 2.75) is 38.3 Å². The molecule has 2 aromatic carbocycles. The molecule has 0 aliphatic carbocycles. The summed E-state index contributed by atoms with van der Waals surface area (Å²) in [6.07, 6.45) is -0.216. The van der Waals surface area contributed by atoms with Crippen LogP contribution in [0.4, 0.5) is 24.5 Å². The van der Waals surface area contributed by atoms with E-state index in [1.54, 1.807) is 0 Å². The van der Waals surface area contributed by atoms with Crippen molar-refractivity contribution < 1.29 is 23.4 Å². The van der Waals surface area contributed by atoms with Crippen molar-refractivity contribution in [3.63, 3.8) is 0 Å². The van der Waals surface area contributed by atoms with Gasteiger partial charge in [-0.15, -0.1) is 0 Å². The molecule has 1 aromatic heterocycles. The van der Waals surface area contributed by atoms with Gasteiger partial charge in [-0.25, -0.2) is 13.2 Å². The molecule has 0 amide bonds. The molecule has 0 bridgehead atoms. The standard InChI is InChI=1S/C22H23F3N4O2/c1-22(31)4-6-29(7-5-22)14-2-3-18-16(9-14)19(12-27-28-18)26-11-13-8-15(30)10-17(20(13)23)21(24)25/h2-3,8-10,12,21,30-31H,4-7,11H2,1H3,(H,26,28). The lowest BCUT2D eigenvalue weighted by molar-refractivity contribution is 0.0351. The minimum Gasteiger partial charge on any atom is -0.508 e. The lowest BCUT2D eigenvalue weighted by Gasteiger charge is -2.37. The number of phenols is 1. The number of hydrogen-bond acceptors (Lipinski definition) is 6. The Labute approximate surface area is 177 Å². The van der Waals surface area contributed by atoms with E-state index in [-0.39, 0.29) is 12.1 Å². The highest BCUT2D eigenvalue weighted by molar-refractivity contribution is 5.92. The summed E-state index contributed by atoms with van der Waals surface area (Å²) in [5.74, 6) is -1.47. The van der Waals surface area contributed by atoms with Gasteiger partial charge < -0.3 is 20.4 Å². The molecule has 2 heterocycles. The van der Waals surface area contributed by atoms with Gasteiger partial charge >= 0.3 is 0 Å². The van der Waals surface area contributed by atoms with E-state index >= 15 is 0 Å². The van der Waals surface area contributed by atoms with E-state index in [9.17, 15) is 23.4 Å². The molecule has 3 aromatic rings. The number of aromatic nitrogens is 2. The number of benzene rings is 2. The molecule has 1 saturated heterocycles. The number of alkyl halides is 2. The highest BCUT2D eigenvalue weighted by Crippen LogP contribution is 2.32. The first-order chi connectivity index (χ1) is 14.7. The number of anilines is 2. The first kappa shape index (κ1) is 21.2. The van der Waals surface area contributed by atoms with Crippen LogP contribution in [0.15, 0.2) is 36.5 Å². The SMILES string of the molecule is CC1(O)CCN(c2ccc3nncc(NCc4cc(O)cc(C(F)F)c4F)c3c2)CC1. The van der Waals surface area contributed by atoms with Crippen LogP contribution in [-0.4, -0.2) is 39.1 Å². The number of nitrogens with zero attached hydrogens (tertiary/aromatic N) is 3. The number of piperidine rings is 1. The molecule has 4 rings (SSSR count). The Morgan fingerprint density at radius 3 is 2.65 bits per heavy atom. The second kappa shape index (κ2) is 8.22. The maximum Gasteiger partial charge on any atom is 0.266 e. The van der Waals surface area contributed by atoms with Crippen molar-refractivity contribution >= 4 is 22.3 Å². The molecule has 164 valence electrons. The normalized spacial score (nSPS) is 16.1. The Bertz CT molecular complexity index is 1100. The molecule has 1 aliphatic rings. The predicted molar refractivity (Wildman–Crippen MR) is 112 cm³/mol. The van der Waals surface area contributed by atoms with Gasteiger partial charge in [0, 0.05) is 36.3 Å². The highest BCUT2D eigenvalue weighted by atomic mass is 19.3. The molecular weight excluding hydrogens is 409 g/mol. The average Bonchev–Trinajstić information content (AvgIpc) is 2.73. The second-order valence-electron chi connectivity index (χ2n) is 8.11. The van der Waals surface area contributed by atoms with Crippen LogP contribution in [0.1, 0.15) is 37.3 Å². The Hall–Kier alpha value is -3.07. The molecule has 0 saturated carbocycles. The van der Waals surface area contributed by atoms with E-state index in [0.717, 1.165) is 23.2 Å². The summed E-state index contributed by atoms with van der Waals surface area (Å²) in [6.45, 7) is 3.15. The number of nitrogens with one attached hydrogen (secondary N) is 1. The van der Waals surface area contributed by atoms with Gasteiger partial charge in [-0.2, -0.15) is 10.2 Å². The Morgan fingerprint density at radius 2 is 1.94 bits per heavy atom. The predicted octanol–water partition coefficient (Wildman–Crippen LogP) is 4.38. The van der Waals surface area contributed by atoms with Crippen LogP contribution in [0.25, 0.3) is 10.9 Å². The van der Waals surface area contributed by atoms with Crippen molar-refractivity contribution in [1.29, 1.82) is 0 Å². The Morgan fingerprint density at radius 1 is 1.19 bits per heavy atom. The lowest BCUT2D eigenvalue weighted by atomic mass is 9.93. The van der Waals surface area contributed by atoms with Gasteiger partial charge in [-0.1, -0.05) is 0 Å². The van der Waals surface area contributed by atoms with Gasteiger partial charge in [-0.05, 0) is 50.1 Å². The third-order valence-corrected chi connectivity index (χ3v) is 5.69. The van der Waals surface area contributed by atoms with E-state index in [1.807, 2.05) is 25.1 Å². The number of phenolic OH excluding ortho intramolecular Hbond substituents is 1. The molecule has 9 heteroatoms. The summed E-state index contributed by atoms with van der Waals surface area (Å²) in [5.41, 5.74) is 0.586. The maximum absolute atomic E-state index is 14.4. The smallest absolute Gasteiger partial charge is 0.266 e. The topological polar surface area (TPSA) is 81.5 Å². The third kappa shape index (κ3) is 4.51. The third-order valence-electron chi connectivity index (χ3n) is 5.69. The molecule has 3 N–H and O–H groups in total. The molecule has 0 radical (unpaired) electrons. The molecule has 1 fully saturated rings. The Kier molecular flexibility index (Phi) is 5.62. The summed E-state index contributed by atoms with van der Waals surface area (Å²) in [7, 11) is 0. The van der Waals surface area contributed by atoms with Gasteiger partial charge in [-0.3, -0.25) is 0 Å². The largest absolute Gasteiger partial charge is 0.508 e. The first-order valence-electron chi connectivity index (χ1n) is 9.99. The van der Waals surface area contributed by atoms with Crippen LogP contribution >= 0.6 is 0 Å². The molecule has 0 spiro atoms. The van der Waals surface area contributed by atoms with Gasteiger partial charge in [0.1, 0.15) is 11.6 Å². The van der Waals surface area contributed by atoms with Crippen molar-refractivity contribution in [3.05, 3.63) is 53.5 Å². The average molecular weight is 432 g/mol. The molecule has 31 heavy (non-hydrogen) atoms. The number of aliphatic hydroxyl groups is 1. The fourth-order valence-corrected chi connectivity index (χ4v) is 3.80. The summed E-state index contributed by atoms with van der Waals surface area (Å²) >= 11 is 0. The van der Waals surface area contributed by atoms with Crippen LogP contribution in [0, 0.1) is 5.82 Å². The van der Waals surface area contributed by atoms with E-state index < -0.39 is 29.2 Å². The van der Waals surface area contributed by atoms with E-state index in [1.165, 1.54) is 6.20 Å². The number of rotatable bonds is 5. The summed E-state index contributed by atoms with van der Waals surface area (Å²) in [5, 5.41) is 31.7. The number of halogens is 3. The monoisotopic (exact) mass is 432 g/mol. The maximum atomic E-state index is 14.4. The van der Waals surface area contributed by atoms with E-state index in [4.69, 9.17) is 0 Å². The van der Waals surface area contributed by atoms with Gasteiger partial charge in [0.15, 0.2) is 0 Å². The zero-order chi connectivity index (χ0) is 22.2. The van der Waals surface area contributed by atoms with Gasteiger partial charge in [0.05, 0.1) is 28.6 Å². The van der Waals surface area contributed by atoms with Crippen molar-refractivity contribution in [1.82, 2.24) is 10.2 Å². The van der Waals surface area contributed by atoms with E-state index in [2.05, 4.69) is 20.4 Å².